The fourth-order valence-electron chi connectivity index (χ4n) is 2.72. The Morgan fingerprint density at radius 3 is 2.81 bits per heavy atom. The molecule has 1 aliphatic heterocycles. The van der Waals surface area contributed by atoms with Gasteiger partial charge in [-0.05, 0) is 30.5 Å². The van der Waals surface area contributed by atoms with E-state index in [2.05, 4.69) is 14.9 Å². The number of nitrogens with zero attached hydrogens (tertiary/aromatic N) is 2. The van der Waals surface area contributed by atoms with Crippen LogP contribution in [-0.4, -0.2) is 34.1 Å². The highest BCUT2D eigenvalue weighted by atomic mass is 19.1. The summed E-state index contributed by atoms with van der Waals surface area (Å²) in [5.74, 6) is -0.196. The molecule has 2 aromatic rings. The number of aromatic nitrogens is 2. The molecule has 1 aromatic heterocycles. The number of aromatic amines is 1. The van der Waals surface area contributed by atoms with E-state index in [-0.39, 0.29) is 5.82 Å². The van der Waals surface area contributed by atoms with E-state index in [1.54, 1.807) is 6.33 Å². The molecule has 0 spiro atoms. The molecule has 0 amide bonds. The lowest BCUT2D eigenvalue weighted by molar-refractivity contribution is 0.0675. The number of nitrogens with one attached hydrogen (secondary N) is 1. The lowest BCUT2D eigenvalue weighted by Crippen LogP contribution is -2.31. The van der Waals surface area contributed by atoms with Crippen molar-refractivity contribution in [1.29, 1.82) is 0 Å². The number of benzene rings is 1. The first-order valence-electron chi connectivity index (χ1n) is 7.35. The van der Waals surface area contributed by atoms with Gasteiger partial charge in [-0.15, -0.1) is 0 Å². The van der Waals surface area contributed by atoms with E-state index < -0.39 is 0 Å². The summed E-state index contributed by atoms with van der Waals surface area (Å²) in [7, 11) is 0. The van der Waals surface area contributed by atoms with Crippen molar-refractivity contribution in [2.75, 3.05) is 13.2 Å². The Bertz CT molecular complexity index is 535. The Balaban J connectivity index is 1.66. The van der Waals surface area contributed by atoms with Crippen molar-refractivity contribution in [2.45, 2.75) is 32.0 Å². The maximum absolute atomic E-state index is 13.0. The number of imidazole rings is 1. The average molecular weight is 289 g/mol. The number of ether oxygens (including phenoxy) is 1. The molecule has 0 bridgehead atoms. The smallest absolute Gasteiger partial charge is 0.123 e. The average Bonchev–Trinajstić information content (AvgIpc) is 3.15. The van der Waals surface area contributed by atoms with Crippen LogP contribution in [0, 0.1) is 5.82 Å². The van der Waals surface area contributed by atoms with Crippen LogP contribution in [0.5, 0.6) is 0 Å². The van der Waals surface area contributed by atoms with Gasteiger partial charge in [0.05, 0.1) is 12.4 Å². The van der Waals surface area contributed by atoms with Crippen LogP contribution in [0.1, 0.15) is 24.1 Å². The molecule has 1 aromatic carbocycles. The minimum atomic E-state index is -0.196. The molecular weight excluding hydrogens is 269 g/mol. The highest BCUT2D eigenvalue weighted by molar-refractivity contribution is 5.16. The Morgan fingerprint density at radius 1 is 1.29 bits per heavy atom. The van der Waals surface area contributed by atoms with Crippen LogP contribution in [0.15, 0.2) is 36.8 Å². The predicted molar refractivity (Wildman–Crippen MR) is 78.1 cm³/mol. The van der Waals surface area contributed by atoms with Gasteiger partial charge in [-0.2, -0.15) is 0 Å². The summed E-state index contributed by atoms with van der Waals surface area (Å²) < 4.78 is 18.7. The first-order valence-corrected chi connectivity index (χ1v) is 7.35. The second-order valence-corrected chi connectivity index (χ2v) is 5.51. The van der Waals surface area contributed by atoms with Gasteiger partial charge in [0.2, 0.25) is 0 Å². The third kappa shape index (κ3) is 4.12. The monoisotopic (exact) mass is 289 g/mol. The molecule has 0 aliphatic carbocycles. The molecule has 1 fully saturated rings. The summed E-state index contributed by atoms with van der Waals surface area (Å²) in [6.45, 7) is 3.31. The molecule has 5 heteroatoms. The van der Waals surface area contributed by atoms with Gasteiger partial charge in [-0.25, -0.2) is 9.37 Å². The minimum absolute atomic E-state index is 0.196. The first kappa shape index (κ1) is 14.2. The zero-order chi connectivity index (χ0) is 14.5. The number of H-pyrrole nitrogens is 1. The summed E-state index contributed by atoms with van der Waals surface area (Å²) in [4.78, 5) is 9.51. The Kier molecular flexibility index (Phi) is 4.62. The highest BCUT2D eigenvalue weighted by Gasteiger charge is 2.19. The van der Waals surface area contributed by atoms with Gasteiger partial charge >= 0.3 is 0 Å². The Hall–Kier alpha value is -1.72. The second kappa shape index (κ2) is 6.83. The van der Waals surface area contributed by atoms with E-state index in [1.165, 1.54) is 12.1 Å². The molecular formula is C16H20FN3O. The van der Waals surface area contributed by atoms with Crippen LogP contribution in [-0.2, 0) is 17.8 Å². The van der Waals surface area contributed by atoms with Gasteiger partial charge in [0.15, 0.2) is 0 Å². The molecule has 1 saturated heterocycles. The van der Waals surface area contributed by atoms with E-state index >= 15 is 0 Å². The van der Waals surface area contributed by atoms with Gasteiger partial charge in [0, 0.05) is 38.1 Å². The summed E-state index contributed by atoms with van der Waals surface area (Å²) in [6.07, 6.45) is 6.08. The summed E-state index contributed by atoms with van der Waals surface area (Å²) in [5.41, 5.74) is 2.18. The summed E-state index contributed by atoms with van der Waals surface area (Å²) >= 11 is 0. The molecule has 4 nitrogen and oxygen atoms in total. The molecule has 0 radical (unpaired) electrons. The van der Waals surface area contributed by atoms with Crippen LogP contribution >= 0.6 is 0 Å². The lowest BCUT2D eigenvalue weighted by atomic mass is 10.1. The maximum Gasteiger partial charge on any atom is 0.123 e. The molecule has 1 atom stereocenters. The second-order valence-electron chi connectivity index (χ2n) is 5.51. The van der Waals surface area contributed by atoms with Crippen molar-refractivity contribution in [3.63, 3.8) is 0 Å². The van der Waals surface area contributed by atoms with Crippen LogP contribution in [0.25, 0.3) is 0 Å². The van der Waals surface area contributed by atoms with Crippen LogP contribution in [0.4, 0.5) is 4.39 Å². The van der Waals surface area contributed by atoms with Crippen molar-refractivity contribution in [2.24, 2.45) is 0 Å². The minimum Gasteiger partial charge on any atom is -0.377 e. The topological polar surface area (TPSA) is 41.2 Å². The number of rotatable bonds is 6. The molecule has 1 unspecified atom stereocenters. The van der Waals surface area contributed by atoms with E-state index in [1.807, 2.05) is 18.3 Å². The van der Waals surface area contributed by atoms with Gasteiger partial charge in [-0.1, -0.05) is 12.1 Å². The molecule has 0 saturated carbocycles. The third-order valence-corrected chi connectivity index (χ3v) is 3.75. The highest BCUT2D eigenvalue weighted by Crippen LogP contribution is 2.16. The molecule has 1 N–H and O–H groups in total. The van der Waals surface area contributed by atoms with Crippen molar-refractivity contribution in [3.8, 4) is 0 Å². The van der Waals surface area contributed by atoms with Crippen LogP contribution in [0.2, 0.25) is 0 Å². The molecule has 2 heterocycles. The van der Waals surface area contributed by atoms with E-state index in [0.29, 0.717) is 6.10 Å². The SMILES string of the molecule is Fc1ccc(CN(Cc2cnc[nH]2)CC2CCCO2)cc1. The van der Waals surface area contributed by atoms with Gasteiger partial charge in [-0.3, -0.25) is 4.90 Å². The predicted octanol–water partition coefficient (Wildman–Crippen LogP) is 2.73. The molecule has 1 aliphatic rings. The standard InChI is InChI=1S/C16H20FN3O/c17-14-5-3-13(4-6-14)9-20(10-15-8-18-12-19-15)11-16-2-1-7-21-16/h3-6,8,12,16H,1-2,7,9-11H2,(H,18,19). The Labute approximate surface area is 124 Å². The maximum atomic E-state index is 13.0. The molecule has 3 rings (SSSR count). The zero-order valence-electron chi connectivity index (χ0n) is 12.0. The van der Waals surface area contributed by atoms with Gasteiger partial charge < -0.3 is 9.72 Å². The Morgan fingerprint density at radius 2 is 2.14 bits per heavy atom. The van der Waals surface area contributed by atoms with E-state index in [4.69, 9.17) is 4.74 Å². The van der Waals surface area contributed by atoms with Crippen molar-refractivity contribution in [3.05, 3.63) is 53.9 Å². The first-order chi connectivity index (χ1) is 10.3. The van der Waals surface area contributed by atoms with Crippen LogP contribution < -0.4 is 0 Å². The lowest BCUT2D eigenvalue weighted by Gasteiger charge is -2.24. The van der Waals surface area contributed by atoms with Gasteiger partial charge in [0.25, 0.3) is 0 Å². The fraction of sp³-hybridized carbons (Fsp3) is 0.438. The summed E-state index contributed by atoms with van der Waals surface area (Å²) in [6, 6.07) is 6.70. The number of halogens is 1. The molecule has 112 valence electrons. The van der Waals surface area contributed by atoms with Crippen LogP contribution in [0.3, 0.4) is 0 Å². The molecule has 21 heavy (non-hydrogen) atoms. The summed E-state index contributed by atoms with van der Waals surface area (Å²) in [5, 5.41) is 0. The quantitative estimate of drug-likeness (QED) is 0.889. The number of hydrogen-bond acceptors (Lipinski definition) is 3. The fourth-order valence-corrected chi connectivity index (χ4v) is 2.72. The van der Waals surface area contributed by atoms with Crippen molar-refractivity contribution >= 4 is 0 Å². The zero-order valence-corrected chi connectivity index (χ0v) is 12.0. The van der Waals surface area contributed by atoms with E-state index in [0.717, 1.165) is 50.3 Å². The largest absolute Gasteiger partial charge is 0.377 e. The van der Waals surface area contributed by atoms with Crippen molar-refractivity contribution < 1.29 is 9.13 Å². The van der Waals surface area contributed by atoms with Crippen molar-refractivity contribution in [1.82, 2.24) is 14.9 Å². The number of hydrogen-bond donors (Lipinski definition) is 1. The normalized spacial score (nSPS) is 18.5. The third-order valence-electron chi connectivity index (χ3n) is 3.75. The van der Waals surface area contributed by atoms with Gasteiger partial charge in [0.1, 0.15) is 5.82 Å². The van der Waals surface area contributed by atoms with E-state index in [9.17, 15) is 4.39 Å².